The molecule has 3 aromatic rings. The van der Waals surface area contributed by atoms with E-state index in [-0.39, 0.29) is 31.8 Å². The zero-order valence-corrected chi connectivity index (χ0v) is 21.0. The number of hydrogen-bond acceptors (Lipinski definition) is 4. The summed E-state index contributed by atoms with van der Waals surface area (Å²) in [7, 11) is 0. The lowest BCUT2D eigenvalue weighted by Gasteiger charge is -2.42. The van der Waals surface area contributed by atoms with Crippen molar-refractivity contribution in [2.45, 2.75) is 50.3 Å². The molecule has 0 spiro atoms. The molecule has 0 saturated carbocycles. The highest BCUT2D eigenvalue weighted by atomic mass is 19.4. The molecule has 1 aliphatic heterocycles. The van der Waals surface area contributed by atoms with Crippen LogP contribution in [-0.2, 0) is 39.0 Å². The summed E-state index contributed by atoms with van der Waals surface area (Å²) in [5.74, 6) is -2.97. The summed E-state index contributed by atoms with van der Waals surface area (Å²) in [5, 5.41) is 10.1. The van der Waals surface area contributed by atoms with Crippen LogP contribution >= 0.6 is 0 Å². The molecule has 1 aliphatic rings. The van der Waals surface area contributed by atoms with Crippen LogP contribution in [0.5, 0.6) is 0 Å². The smallest absolute Gasteiger partial charge is 0.396 e. The van der Waals surface area contributed by atoms with Crippen molar-refractivity contribution >= 4 is 0 Å². The molecule has 0 amide bonds. The predicted molar refractivity (Wildman–Crippen MR) is 130 cm³/mol. The first-order valence-electron chi connectivity index (χ1n) is 12.3. The Kier molecular flexibility index (Phi) is 8.70. The molecule has 3 aromatic carbocycles. The van der Waals surface area contributed by atoms with E-state index in [2.05, 4.69) is 0 Å². The normalized spacial score (nSPS) is 21.9. The van der Waals surface area contributed by atoms with Gasteiger partial charge in [0.1, 0.15) is 0 Å². The number of aliphatic hydroxyl groups excluding tert-OH is 1. The van der Waals surface area contributed by atoms with Crippen LogP contribution in [0.2, 0.25) is 0 Å². The number of aliphatic hydroxyl groups is 1. The van der Waals surface area contributed by atoms with Crippen molar-refractivity contribution in [3.05, 3.63) is 107 Å². The van der Waals surface area contributed by atoms with E-state index >= 15 is 0 Å². The molecule has 210 valence electrons. The number of benzene rings is 3. The summed E-state index contributed by atoms with van der Waals surface area (Å²) in [6.07, 6.45) is -10.7. The van der Waals surface area contributed by atoms with Crippen molar-refractivity contribution in [3.8, 4) is 0 Å². The fraction of sp³-hybridized carbons (Fsp3) is 0.379. The minimum absolute atomic E-state index is 0.0623. The molecule has 0 bridgehead atoms. The maximum Gasteiger partial charge on any atom is 0.416 e. The Balaban J connectivity index is 1.80. The molecule has 4 unspecified atom stereocenters. The quantitative estimate of drug-likeness (QED) is 0.235. The molecule has 1 saturated heterocycles. The van der Waals surface area contributed by atoms with E-state index in [1.165, 1.54) is 6.92 Å². The molecule has 4 rings (SSSR count). The first-order chi connectivity index (χ1) is 18.4. The minimum Gasteiger partial charge on any atom is -0.396 e. The maximum atomic E-state index is 13.7. The lowest BCUT2D eigenvalue weighted by molar-refractivity contribution is -0.330. The van der Waals surface area contributed by atoms with Crippen molar-refractivity contribution in [2.75, 3.05) is 13.2 Å². The zero-order chi connectivity index (χ0) is 28.3. The fourth-order valence-corrected chi connectivity index (χ4v) is 4.68. The molecule has 0 aromatic heterocycles. The van der Waals surface area contributed by atoms with Crippen molar-refractivity contribution < 1.29 is 45.7 Å². The van der Waals surface area contributed by atoms with E-state index in [4.69, 9.17) is 14.2 Å². The predicted octanol–water partition coefficient (Wildman–Crippen LogP) is 7.27. The fourth-order valence-electron chi connectivity index (χ4n) is 4.68. The second-order valence-corrected chi connectivity index (χ2v) is 9.54. The monoisotopic (exact) mass is 554 g/mol. The third-order valence-corrected chi connectivity index (χ3v) is 6.80. The Morgan fingerprint density at radius 2 is 1.36 bits per heavy atom. The van der Waals surface area contributed by atoms with Gasteiger partial charge in [-0.1, -0.05) is 60.7 Å². The third-order valence-electron chi connectivity index (χ3n) is 6.80. The van der Waals surface area contributed by atoms with E-state index in [9.17, 15) is 31.4 Å². The average molecular weight is 555 g/mol. The van der Waals surface area contributed by atoms with Crippen LogP contribution in [-0.4, -0.2) is 24.6 Å². The van der Waals surface area contributed by atoms with Gasteiger partial charge in [0.2, 0.25) is 0 Å². The van der Waals surface area contributed by atoms with Gasteiger partial charge in [-0.15, -0.1) is 0 Å². The lowest BCUT2D eigenvalue weighted by Crippen LogP contribution is -2.44. The van der Waals surface area contributed by atoms with E-state index in [1.807, 2.05) is 0 Å². The second-order valence-electron chi connectivity index (χ2n) is 9.54. The van der Waals surface area contributed by atoms with Gasteiger partial charge < -0.3 is 19.3 Å². The van der Waals surface area contributed by atoms with Crippen LogP contribution in [0.3, 0.4) is 0 Å². The standard InChI is InChI=1S/C29H28F6O4/c1-27(38-18-19-8-4-2-5-9-19,22-14-23(28(30,31)32)16-24(15-22)29(33,34)35)39-26-25(20-10-6-3-7-11-20)21(17-36)12-13-37-26/h2-11,14-16,21,25-26,36H,12-13,17-18H2,1H3. The molecular weight excluding hydrogens is 526 g/mol. The highest BCUT2D eigenvalue weighted by Crippen LogP contribution is 2.44. The molecule has 4 nitrogen and oxygen atoms in total. The molecule has 39 heavy (non-hydrogen) atoms. The summed E-state index contributed by atoms with van der Waals surface area (Å²) in [4.78, 5) is 0. The van der Waals surface area contributed by atoms with Gasteiger partial charge in [-0.2, -0.15) is 26.3 Å². The minimum atomic E-state index is -5.05. The van der Waals surface area contributed by atoms with E-state index in [0.717, 1.165) is 5.56 Å². The molecular formula is C29H28F6O4. The van der Waals surface area contributed by atoms with Gasteiger partial charge >= 0.3 is 12.4 Å². The summed E-state index contributed by atoms with van der Waals surface area (Å²) in [5.41, 5.74) is -2.06. The SMILES string of the molecule is CC(OCc1ccccc1)(OC1OCCC(CO)C1c1ccccc1)c1cc(C(F)(F)F)cc(C(F)(F)F)c1. The molecule has 0 radical (unpaired) electrons. The van der Waals surface area contributed by atoms with E-state index in [1.54, 1.807) is 60.7 Å². The summed E-state index contributed by atoms with van der Waals surface area (Å²) >= 11 is 0. The van der Waals surface area contributed by atoms with Crippen molar-refractivity contribution in [1.29, 1.82) is 0 Å². The average Bonchev–Trinajstić information content (AvgIpc) is 2.91. The van der Waals surface area contributed by atoms with Crippen LogP contribution in [0.1, 0.15) is 47.1 Å². The molecule has 1 N–H and O–H groups in total. The first-order valence-corrected chi connectivity index (χ1v) is 12.3. The van der Waals surface area contributed by atoms with Gasteiger partial charge in [-0.25, -0.2) is 0 Å². The van der Waals surface area contributed by atoms with Gasteiger partial charge in [-0.3, -0.25) is 0 Å². The van der Waals surface area contributed by atoms with Crippen molar-refractivity contribution in [3.63, 3.8) is 0 Å². The number of alkyl halides is 6. The third kappa shape index (κ3) is 7.00. The molecule has 4 atom stereocenters. The number of halogens is 6. The Labute approximate surface area is 222 Å². The molecule has 0 aliphatic carbocycles. The lowest BCUT2D eigenvalue weighted by atomic mass is 9.82. The van der Waals surface area contributed by atoms with Crippen molar-refractivity contribution in [1.82, 2.24) is 0 Å². The number of rotatable bonds is 8. The first kappa shape index (κ1) is 29.1. The van der Waals surface area contributed by atoms with Gasteiger partial charge in [0.05, 0.1) is 24.3 Å². The molecule has 1 fully saturated rings. The van der Waals surface area contributed by atoms with Gasteiger partial charge in [0, 0.05) is 18.1 Å². The highest BCUT2D eigenvalue weighted by molar-refractivity contribution is 5.36. The Morgan fingerprint density at radius 3 is 1.90 bits per heavy atom. The van der Waals surface area contributed by atoms with Crippen molar-refractivity contribution in [2.24, 2.45) is 5.92 Å². The zero-order valence-electron chi connectivity index (χ0n) is 21.0. The number of ether oxygens (including phenoxy) is 3. The van der Waals surface area contributed by atoms with Gasteiger partial charge in [0.15, 0.2) is 12.1 Å². The van der Waals surface area contributed by atoms with E-state index < -0.39 is 47.0 Å². The summed E-state index contributed by atoms with van der Waals surface area (Å²) in [6.45, 7) is 1.07. The number of hydrogen-bond donors (Lipinski definition) is 1. The molecule has 1 heterocycles. The molecule has 10 heteroatoms. The van der Waals surface area contributed by atoms with Gasteiger partial charge in [-0.05, 0) is 48.6 Å². The summed E-state index contributed by atoms with van der Waals surface area (Å²) in [6, 6.07) is 18.8. The van der Waals surface area contributed by atoms with Crippen LogP contribution in [0.25, 0.3) is 0 Å². The Hall–Kier alpha value is -2.92. The Morgan fingerprint density at radius 1 is 0.821 bits per heavy atom. The van der Waals surface area contributed by atoms with Crippen LogP contribution < -0.4 is 0 Å². The highest BCUT2D eigenvalue weighted by Gasteiger charge is 2.44. The second kappa shape index (κ2) is 11.7. The van der Waals surface area contributed by atoms with Crippen LogP contribution in [0.15, 0.2) is 78.9 Å². The van der Waals surface area contributed by atoms with Crippen LogP contribution in [0, 0.1) is 5.92 Å². The maximum absolute atomic E-state index is 13.7. The summed E-state index contributed by atoms with van der Waals surface area (Å²) < 4.78 is 100. The van der Waals surface area contributed by atoms with E-state index in [0.29, 0.717) is 24.1 Å². The van der Waals surface area contributed by atoms with Crippen LogP contribution in [0.4, 0.5) is 26.3 Å². The largest absolute Gasteiger partial charge is 0.416 e. The van der Waals surface area contributed by atoms with Gasteiger partial charge in [0.25, 0.3) is 0 Å². The topological polar surface area (TPSA) is 47.9 Å². The Bertz CT molecular complexity index is 1180.